The Hall–Kier alpha value is -1.17. The second kappa shape index (κ2) is 5.91. The zero-order valence-electron chi connectivity index (χ0n) is 11.1. The van der Waals surface area contributed by atoms with Crippen molar-refractivity contribution in [3.8, 4) is 0 Å². The Kier molecular flexibility index (Phi) is 4.15. The van der Waals surface area contributed by atoms with Crippen LogP contribution in [0.15, 0.2) is 28.7 Å². The fraction of sp³-hybridized carbons (Fsp3) is 0.200. The Morgan fingerprint density at radius 3 is 2.86 bits per heavy atom. The fourth-order valence-corrected chi connectivity index (χ4v) is 3.35. The third-order valence-electron chi connectivity index (χ3n) is 3.50. The third-order valence-corrected chi connectivity index (χ3v) is 4.53. The molecule has 3 N–H and O–H groups in total. The van der Waals surface area contributed by atoms with E-state index in [1.165, 1.54) is 5.56 Å². The summed E-state index contributed by atoms with van der Waals surface area (Å²) in [5, 5.41) is 3.86. The number of hydrogen-bond donors (Lipinski definition) is 2. The molecular weight excluding hydrogens is 370 g/mol. The molecule has 0 spiro atoms. The summed E-state index contributed by atoms with van der Waals surface area (Å²) in [5.41, 5.74) is 9.74. The van der Waals surface area contributed by atoms with Crippen molar-refractivity contribution in [1.82, 2.24) is 4.98 Å². The molecule has 1 heterocycles. The van der Waals surface area contributed by atoms with E-state index < -0.39 is 0 Å². The summed E-state index contributed by atoms with van der Waals surface area (Å²) in [6.07, 6.45) is 3.16. The molecule has 1 aromatic heterocycles. The average Bonchev–Trinajstić information content (AvgIpc) is 2.88. The highest BCUT2D eigenvalue weighted by Crippen LogP contribution is 2.31. The number of nitrogens with two attached hydrogens (primary N) is 1. The lowest BCUT2D eigenvalue weighted by atomic mass is 10.1. The predicted octanol–water partition coefficient (Wildman–Crippen LogP) is 4.36. The van der Waals surface area contributed by atoms with Crippen molar-refractivity contribution in [2.24, 2.45) is 5.73 Å². The number of nitrogens with one attached hydrogen (secondary N) is 1. The molecule has 3 rings (SSSR count). The summed E-state index contributed by atoms with van der Waals surface area (Å²) in [7, 11) is 0. The zero-order chi connectivity index (χ0) is 15.0. The van der Waals surface area contributed by atoms with E-state index >= 15 is 0 Å². The van der Waals surface area contributed by atoms with Gasteiger partial charge in [-0.05, 0) is 49.1 Å². The number of aryl methyl sites for hydroxylation is 2. The smallest absolute Gasteiger partial charge is 0.140 e. The van der Waals surface area contributed by atoms with E-state index in [1.807, 2.05) is 24.3 Å². The number of rotatable bonds is 3. The molecule has 0 saturated heterocycles. The standard InChI is InChI=1S/C15H13BrClN3S/c16-9-4-5-13(11(17)7-9)20-15-10(14(18)21)6-8-2-1-3-12(8)19-15/h4-7H,1-3H2,(H2,18,21)(H,19,20). The highest BCUT2D eigenvalue weighted by Gasteiger charge is 2.18. The van der Waals surface area contributed by atoms with Crippen molar-refractivity contribution in [2.75, 3.05) is 5.32 Å². The van der Waals surface area contributed by atoms with Crippen LogP contribution in [0.3, 0.4) is 0 Å². The second-order valence-electron chi connectivity index (χ2n) is 4.96. The molecule has 6 heteroatoms. The second-order valence-corrected chi connectivity index (χ2v) is 6.72. The lowest BCUT2D eigenvalue weighted by molar-refractivity contribution is 0.900. The Morgan fingerprint density at radius 2 is 2.14 bits per heavy atom. The van der Waals surface area contributed by atoms with Crippen LogP contribution in [-0.2, 0) is 12.8 Å². The molecule has 3 nitrogen and oxygen atoms in total. The van der Waals surface area contributed by atoms with Gasteiger partial charge < -0.3 is 11.1 Å². The number of thiocarbonyl (C=S) groups is 1. The van der Waals surface area contributed by atoms with Gasteiger partial charge in [-0.3, -0.25) is 0 Å². The van der Waals surface area contributed by atoms with E-state index in [1.54, 1.807) is 0 Å². The highest BCUT2D eigenvalue weighted by atomic mass is 79.9. The molecule has 21 heavy (non-hydrogen) atoms. The molecule has 0 atom stereocenters. The minimum Gasteiger partial charge on any atom is -0.389 e. The highest BCUT2D eigenvalue weighted by molar-refractivity contribution is 9.10. The van der Waals surface area contributed by atoms with Gasteiger partial charge in [0, 0.05) is 10.2 Å². The van der Waals surface area contributed by atoms with Gasteiger partial charge in [-0.2, -0.15) is 0 Å². The van der Waals surface area contributed by atoms with Crippen molar-refractivity contribution in [1.29, 1.82) is 0 Å². The summed E-state index contributed by atoms with van der Waals surface area (Å²) in [6.45, 7) is 0. The number of fused-ring (bicyclic) bond motifs is 1. The summed E-state index contributed by atoms with van der Waals surface area (Å²) >= 11 is 14.8. The van der Waals surface area contributed by atoms with Gasteiger partial charge in [0.1, 0.15) is 10.8 Å². The van der Waals surface area contributed by atoms with Crippen LogP contribution in [0, 0.1) is 0 Å². The molecule has 108 valence electrons. The van der Waals surface area contributed by atoms with Crippen molar-refractivity contribution in [3.63, 3.8) is 0 Å². The number of nitrogens with zero attached hydrogens (tertiary/aromatic N) is 1. The van der Waals surface area contributed by atoms with Crippen LogP contribution in [0.4, 0.5) is 11.5 Å². The molecule has 1 aromatic carbocycles. The molecule has 1 aliphatic rings. The molecule has 2 aromatic rings. The van der Waals surface area contributed by atoms with Gasteiger partial charge in [0.15, 0.2) is 0 Å². The van der Waals surface area contributed by atoms with E-state index in [-0.39, 0.29) is 0 Å². The molecule has 0 saturated carbocycles. The maximum absolute atomic E-state index is 6.24. The van der Waals surface area contributed by atoms with Crippen molar-refractivity contribution in [3.05, 3.63) is 50.6 Å². The molecule has 0 aliphatic heterocycles. The average molecular weight is 383 g/mol. The molecule has 0 radical (unpaired) electrons. The van der Waals surface area contributed by atoms with E-state index in [9.17, 15) is 0 Å². The lowest BCUT2D eigenvalue weighted by Crippen LogP contribution is -2.14. The van der Waals surface area contributed by atoms with Crippen LogP contribution in [0.2, 0.25) is 5.02 Å². The van der Waals surface area contributed by atoms with Crippen molar-refractivity contribution in [2.45, 2.75) is 19.3 Å². The molecule has 0 amide bonds. The largest absolute Gasteiger partial charge is 0.389 e. The molecule has 0 fully saturated rings. The summed E-state index contributed by atoms with van der Waals surface area (Å²) in [6, 6.07) is 7.69. The van der Waals surface area contributed by atoms with E-state index in [4.69, 9.17) is 29.6 Å². The molecule has 0 bridgehead atoms. The summed E-state index contributed by atoms with van der Waals surface area (Å²) in [4.78, 5) is 5.03. The minimum absolute atomic E-state index is 0.341. The Bertz CT molecular complexity index is 733. The number of anilines is 2. The maximum atomic E-state index is 6.24. The number of hydrogen-bond acceptors (Lipinski definition) is 3. The number of benzene rings is 1. The van der Waals surface area contributed by atoms with Gasteiger partial charge in [-0.25, -0.2) is 4.98 Å². The maximum Gasteiger partial charge on any atom is 0.140 e. The van der Waals surface area contributed by atoms with Gasteiger partial charge in [-0.1, -0.05) is 39.7 Å². The lowest BCUT2D eigenvalue weighted by Gasteiger charge is -2.14. The van der Waals surface area contributed by atoms with Crippen LogP contribution in [-0.4, -0.2) is 9.97 Å². The first-order chi connectivity index (χ1) is 10.0. The zero-order valence-corrected chi connectivity index (χ0v) is 14.3. The van der Waals surface area contributed by atoms with Gasteiger partial charge in [0.05, 0.1) is 16.3 Å². The van der Waals surface area contributed by atoms with E-state index in [0.717, 1.165) is 40.7 Å². The van der Waals surface area contributed by atoms with Crippen LogP contribution in [0.1, 0.15) is 23.2 Å². The van der Waals surface area contributed by atoms with Gasteiger partial charge in [-0.15, -0.1) is 0 Å². The van der Waals surface area contributed by atoms with E-state index in [0.29, 0.717) is 15.8 Å². The Balaban J connectivity index is 2.03. The Labute approximate surface area is 142 Å². The monoisotopic (exact) mass is 381 g/mol. The first kappa shape index (κ1) is 14.8. The van der Waals surface area contributed by atoms with Crippen LogP contribution in [0.25, 0.3) is 0 Å². The molecule has 1 aliphatic carbocycles. The number of pyridine rings is 1. The summed E-state index contributed by atoms with van der Waals surface area (Å²) in [5.74, 6) is 0.673. The molecular formula is C15H13BrClN3S. The van der Waals surface area contributed by atoms with Crippen LogP contribution >= 0.6 is 39.7 Å². The van der Waals surface area contributed by atoms with Crippen molar-refractivity contribution >= 4 is 56.2 Å². The number of halogens is 2. The minimum atomic E-state index is 0.341. The SMILES string of the molecule is NC(=S)c1cc2c(nc1Nc1ccc(Br)cc1Cl)CCC2. The normalized spacial score (nSPS) is 13.0. The topological polar surface area (TPSA) is 50.9 Å². The van der Waals surface area contributed by atoms with Crippen LogP contribution in [0.5, 0.6) is 0 Å². The van der Waals surface area contributed by atoms with E-state index in [2.05, 4.69) is 26.2 Å². The summed E-state index contributed by atoms with van der Waals surface area (Å²) < 4.78 is 0.925. The van der Waals surface area contributed by atoms with Gasteiger partial charge >= 0.3 is 0 Å². The third kappa shape index (κ3) is 3.05. The van der Waals surface area contributed by atoms with Gasteiger partial charge in [0.25, 0.3) is 0 Å². The number of aromatic nitrogens is 1. The Morgan fingerprint density at radius 1 is 1.33 bits per heavy atom. The first-order valence-electron chi connectivity index (χ1n) is 6.59. The quantitative estimate of drug-likeness (QED) is 0.774. The first-order valence-corrected chi connectivity index (χ1v) is 8.17. The molecule has 0 unspecified atom stereocenters. The van der Waals surface area contributed by atoms with Crippen molar-refractivity contribution < 1.29 is 0 Å². The van der Waals surface area contributed by atoms with Gasteiger partial charge in [0.2, 0.25) is 0 Å². The van der Waals surface area contributed by atoms with Crippen LogP contribution < -0.4 is 11.1 Å². The fourth-order valence-electron chi connectivity index (χ4n) is 2.47. The predicted molar refractivity (Wildman–Crippen MR) is 94.6 cm³/mol.